The molecule has 1 aromatic heterocycles. The maximum absolute atomic E-state index is 12.2. The summed E-state index contributed by atoms with van der Waals surface area (Å²) >= 11 is 0. The first-order valence-corrected chi connectivity index (χ1v) is 3.61. The van der Waals surface area contributed by atoms with E-state index in [1.165, 1.54) is 6.92 Å². The SMILES string of the molecule is Cc1cc(O[B]O)cnc1C(F)(F)F. The smallest absolute Gasteiger partial charge is 0.536 e. The van der Waals surface area contributed by atoms with E-state index < -0.39 is 11.9 Å². The summed E-state index contributed by atoms with van der Waals surface area (Å²) in [6.07, 6.45) is -3.58. The molecular weight excluding hydrogens is 198 g/mol. The van der Waals surface area contributed by atoms with E-state index in [1.807, 2.05) is 0 Å². The van der Waals surface area contributed by atoms with Crippen LogP contribution >= 0.6 is 0 Å². The average molecular weight is 204 g/mol. The Morgan fingerprint density at radius 3 is 2.57 bits per heavy atom. The Balaban J connectivity index is 3.02. The van der Waals surface area contributed by atoms with Gasteiger partial charge in [0.05, 0.1) is 6.20 Å². The van der Waals surface area contributed by atoms with Crippen molar-refractivity contribution in [3.63, 3.8) is 0 Å². The van der Waals surface area contributed by atoms with Gasteiger partial charge in [0.1, 0.15) is 11.4 Å². The second-order valence-corrected chi connectivity index (χ2v) is 2.56. The summed E-state index contributed by atoms with van der Waals surface area (Å²) in [5, 5.41) is 8.24. The molecule has 75 valence electrons. The fraction of sp³-hybridized carbons (Fsp3) is 0.286. The first kappa shape index (κ1) is 10.8. The number of alkyl halides is 3. The van der Waals surface area contributed by atoms with Crippen molar-refractivity contribution in [1.29, 1.82) is 0 Å². The normalized spacial score (nSPS) is 11.2. The Bertz CT molecular complexity index is 329. The first-order chi connectivity index (χ1) is 6.45. The minimum absolute atomic E-state index is 0.0537. The lowest BCUT2D eigenvalue weighted by atomic mass is 10.2. The van der Waals surface area contributed by atoms with Gasteiger partial charge in [-0.25, -0.2) is 4.98 Å². The zero-order valence-electron chi connectivity index (χ0n) is 7.17. The molecule has 0 spiro atoms. The van der Waals surface area contributed by atoms with Crippen LogP contribution in [0.25, 0.3) is 0 Å². The van der Waals surface area contributed by atoms with Gasteiger partial charge in [-0.15, -0.1) is 0 Å². The summed E-state index contributed by atoms with van der Waals surface area (Å²) in [5.41, 5.74) is -1.01. The molecule has 1 N–H and O–H groups in total. The molecule has 14 heavy (non-hydrogen) atoms. The molecule has 1 radical (unpaired) electrons. The lowest BCUT2D eigenvalue weighted by molar-refractivity contribution is -0.141. The van der Waals surface area contributed by atoms with Crippen molar-refractivity contribution in [1.82, 2.24) is 4.98 Å². The van der Waals surface area contributed by atoms with Crippen molar-refractivity contribution in [3.05, 3.63) is 23.5 Å². The average Bonchev–Trinajstić information content (AvgIpc) is 2.02. The van der Waals surface area contributed by atoms with Crippen molar-refractivity contribution >= 4 is 7.69 Å². The molecule has 0 saturated heterocycles. The molecular formula is C7H6BF3NO2. The second-order valence-electron chi connectivity index (χ2n) is 2.56. The van der Waals surface area contributed by atoms with Gasteiger partial charge in [-0.3, -0.25) is 0 Å². The van der Waals surface area contributed by atoms with Crippen LogP contribution in [0.3, 0.4) is 0 Å². The highest BCUT2D eigenvalue weighted by Gasteiger charge is 2.34. The lowest BCUT2D eigenvalue weighted by Gasteiger charge is -2.09. The Labute approximate surface area is 78.8 Å². The number of halogens is 3. The van der Waals surface area contributed by atoms with Gasteiger partial charge in [-0.2, -0.15) is 13.2 Å². The maximum Gasteiger partial charge on any atom is 0.569 e. The molecule has 1 aromatic rings. The summed E-state index contributed by atoms with van der Waals surface area (Å²) in [4.78, 5) is 3.19. The highest BCUT2D eigenvalue weighted by Crippen LogP contribution is 2.31. The van der Waals surface area contributed by atoms with Crippen molar-refractivity contribution in [2.75, 3.05) is 0 Å². The summed E-state index contributed by atoms with van der Waals surface area (Å²) in [6.45, 7) is 1.26. The van der Waals surface area contributed by atoms with E-state index in [0.29, 0.717) is 7.69 Å². The van der Waals surface area contributed by atoms with Crippen LogP contribution < -0.4 is 4.65 Å². The number of nitrogens with zero attached hydrogens (tertiary/aromatic N) is 1. The van der Waals surface area contributed by atoms with Gasteiger partial charge in [-0.1, -0.05) is 0 Å². The number of pyridine rings is 1. The molecule has 0 aromatic carbocycles. The molecule has 0 atom stereocenters. The van der Waals surface area contributed by atoms with E-state index in [2.05, 4.69) is 9.64 Å². The predicted octanol–water partition coefficient (Wildman–Crippen LogP) is 1.31. The number of aromatic nitrogens is 1. The second kappa shape index (κ2) is 3.87. The fourth-order valence-corrected chi connectivity index (χ4v) is 0.971. The summed E-state index contributed by atoms with van der Waals surface area (Å²) in [6, 6.07) is 1.14. The molecule has 3 nitrogen and oxygen atoms in total. The van der Waals surface area contributed by atoms with Crippen LogP contribution in [-0.2, 0) is 6.18 Å². The van der Waals surface area contributed by atoms with Crippen LogP contribution in [0.15, 0.2) is 12.3 Å². The predicted molar refractivity (Wildman–Crippen MR) is 42.6 cm³/mol. The third-order valence-electron chi connectivity index (χ3n) is 1.51. The van der Waals surface area contributed by atoms with Gasteiger partial charge in [0, 0.05) is 0 Å². The zero-order chi connectivity index (χ0) is 10.8. The van der Waals surface area contributed by atoms with Gasteiger partial charge in [0.25, 0.3) is 0 Å². The molecule has 1 rings (SSSR count). The Morgan fingerprint density at radius 1 is 1.50 bits per heavy atom. The van der Waals surface area contributed by atoms with Crippen molar-refractivity contribution in [3.8, 4) is 5.75 Å². The first-order valence-electron chi connectivity index (χ1n) is 3.61. The van der Waals surface area contributed by atoms with Crippen LogP contribution in [-0.4, -0.2) is 17.7 Å². The van der Waals surface area contributed by atoms with E-state index in [1.54, 1.807) is 0 Å². The number of hydrogen-bond acceptors (Lipinski definition) is 3. The van der Waals surface area contributed by atoms with Crippen LogP contribution in [0.4, 0.5) is 13.2 Å². The number of rotatable bonds is 2. The summed E-state index contributed by atoms with van der Waals surface area (Å²) in [7, 11) is 0.379. The Morgan fingerprint density at radius 2 is 2.14 bits per heavy atom. The summed E-state index contributed by atoms with van der Waals surface area (Å²) in [5.74, 6) is 0.0537. The molecule has 0 bridgehead atoms. The Kier molecular flexibility index (Phi) is 3.00. The maximum atomic E-state index is 12.2. The number of hydrogen-bond donors (Lipinski definition) is 1. The van der Waals surface area contributed by atoms with E-state index in [4.69, 9.17) is 5.02 Å². The third kappa shape index (κ3) is 2.38. The highest BCUT2D eigenvalue weighted by molar-refractivity contribution is 6.17. The minimum atomic E-state index is -4.47. The monoisotopic (exact) mass is 204 g/mol. The van der Waals surface area contributed by atoms with Crippen molar-refractivity contribution in [2.24, 2.45) is 0 Å². The largest absolute Gasteiger partial charge is 0.569 e. The van der Waals surface area contributed by atoms with Gasteiger partial charge < -0.3 is 9.68 Å². The molecule has 0 saturated carbocycles. The minimum Gasteiger partial charge on any atom is -0.536 e. The topological polar surface area (TPSA) is 42.4 Å². The van der Waals surface area contributed by atoms with Crippen molar-refractivity contribution in [2.45, 2.75) is 13.1 Å². The highest BCUT2D eigenvalue weighted by atomic mass is 19.4. The quantitative estimate of drug-likeness (QED) is 0.738. The van der Waals surface area contributed by atoms with Gasteiger partial charge in [-0.05, 0) is 18.6 Å². The third-order valence-corrected chi connectivity index (χ3v) is 1.51. The van der Waals surface area contributed by atoms with E-state index in [0.717, 1.165) is 12.3 Å². The van der Waals surface area contributed by atoms with Crippen LogP contribution in [0.2, 0.25) is 0 Å². The molecule has 0 aliphatic carbocycles. The molecule has 0 unspecified atom stereocenters. The number of aryl methyl sites for hydroxylation is 1. The molecule has 0 fully saturated rings. The standard InChI is InChI=1S/C7H6BF3NO2/c1-4-2-5(14-8-13)3-12-6(4)7(9,10)11/h2-3,13H,1H3. The zero-order valence-corrected chi connectivity index (χ0v) is 7.17. The van der Waals surface area contributed by atoms with E-state index in [-0.39, 0.29) is 11.3 Å². The molecule has 1 heterocycles. The van der Waals surface area contributed by atoms with E-state index >= 15 is 0 Å². The van der Waals surface area contributed by atoms with Gasteiger partial charge in [0.2, 0.25) is 0 Å². The van der Waals surface area contributed by atoms with Crippen molar-refractivity contribution < 1.29 is 22.8 Å². The Hall–Kier alpha value is -1.24. The van der Waals surface area contributed by atoms with Gasteiger partial charge >= 0.3 is 13.9 Å². The van der Waals surface area contributed by atoms with Gasteiger partial charge in [0.15, 0.2) is 0 Å². The molecule has 0 aliphatic heterocycles. The van der Waals surface area contributed by atoms with E-state index in [9.17, 15) is 13.2 Å². The molecule has 0 aliphatic rings. The van der Waals surface area contributed by atoms with Crippen LogP contribution in [0, 0.1) is 6.92 Å². The summed E-state index contributed by atoms with van der Waals surface area (Å²) < 4.78 is 41.1. The molecule has 7 heteroatoms. The lowest BCUT2D eigenvalue weighted by Crippen LogP contribution is -2.11. The molecule has 0 amide bonds. The van der Waals surface area contributed by atoms with Crippen LogP contribution in [0.1, 0.15) is 11.3 Å². The van der Waals surface area contributed by atoms with Crippen LogP contribution in [0.5, 0.6) is 5.75 Å². The fourth-order valence-electron chi connectivity index (χ4n) is 0.971.